The minimum absolute atomic E-state index is 0.108. The molecule has 5 heteroatoms. The second kappa shape index (κ2) is 5.12. The minimum Gasteiger partial charge on any atom is -0.391 e. The summed E-state index contributed by atoms with van der Waals surface area (Å²) >= 11 is 6.03. The van der Waals surface area contributed by atoms with Crippen LogP contribution in [0.2, 0.25) is 5.02 Å². The lowest BCUT2D eigenvalue weighted by molar-refractivity contribution is 0.281. The standard InChI is InChI=1S/C12H12ClN3O/c1-8-2-3-10(4-11(8)13)16-12-9(6-17)5-14-7-15-12/h2-5,7,17H,6H2,1H3,(H,14,15,16). The highest BCUT2D eigenvalue weighted by Gasteiger charge is 2.04. The molecule has 0 aliphatic carbocycles. The van der Waals surface area contributed by atoms with Crippen molar-refractivity contribution in [2.75, 3.05) is 5.32 Å². The van der Waals surface area contributed by atoms with Crippen molar-refractivity contribution in [2.24, 2.45) is 0 Å². The van der Waals surface area contributed by atoms with Crippen LogP contribution in [0, 0.1) is 6.92 Å². The van der Waals surface area contributed by atoms with Gasteiger partial charge in [-0.15, -0.1) is 0 Å². The maximum Gasteiger partial charge on any atom is 0.139 e. The second-order valence-electron chi connectivity index (χ2n) is 3.64. The number of nitrogens with one attached hydrogen (secondary N) is 1. The molecular formula is C12H12ClN3O. The topological polar surface area (TPSA) is 58.0 Å². The number of hydrogen-bond donors (Lipinski definition) is 2. The quantitative estimate of drug-likeness (QED) is 0.878. The highest BCUT2D eigenvalue weighted by atomic mass is 35.5. The molecule has 0 unspecified atom stereocenters. The molecule has 0 fully saturated rings. The van der Waals surface area contributed by atoms with E-state index in [2.05, 4.69) is 15.3 Å². The Labute approximate surface area is 104 Å². The molecule has 1 heterocycles. The van der Waals surface area contributed by atoms with Gasteiger partial charge in [0, 0.05) is 22.5 Å². The van der Waals surface area contributed by atoms with Crippen LogP contribution in [-0.2, 0) is 6.61 Å². The van der Waals surface area contributed by atoms with E-state index < -0.39 is 0 Å². The van der Waals surface area contributed by atoms with Crippen LogP contribution in [0.5, 0.6) is 0 Å². The van der Waals surface area contributed by atoms with Gasteiger partial charge >= 0.3 is 0 Å². The Kier molecular flexibility index (Phi) is 3.56. The van der Waals surface area contributed by atoms with Gasteiger partial charge in [-0.1, -0.05) is 17.7 Å². The van der Waals surface area contributed by atoms with E-state index in [1.807, 2.05) is 25.1 Å². The van der Waals surface area contributed by atoms with E-state index in [0.717, 1.165) is 11.3 Å². The van der Waals surface area contributed by atoms with Crippen LogP contribution in [-0.4, -0.2) is 15.1 Å². The average Bonchev–Trinajstić information content (AvgIpc) is 2.34. The normalized spacial score (nSPS) is 10.3. The lowest BCUT2D eigenvalue weighted by Crippen LogP contribution is -2.00. The van der Waals surface area contributed by atoms with Gasteiger partial charge in [-0.3, -0.25) is 0 Å². The van der Waals surface area contributed by atoms with Gasteiger partial charge in [0.2, 0.25) is 0 Å². The van der Waals surface area contributed by atoms with Crippen LogP contribution >= 0.6 is 11.6 Å². The van der Waals surface area contributed by atoms with E-state index in [0.29, 0.717) is 16.4 Å². The van der Waals surface area contributed by atoms with Crippen LogP contribution in [0.15, 0.2) is 30.7 Å². The first-order valence-electron chi connectivity index (χ1n) is 5.13. The number of aliphatic hydroxyl groups excluding tert-OH is 1. The molecule has 17 heavy (non-hydrogen) atoms. The monoisotopic (exact) mass is 249 g/mol. The highest BCUT2D eigenvalue weighted by Crippen LogP contribution is 2.23. The molecule has 2 rings (SSSR count). The molecule has 1 aromatic carbocycles. The Bertz CT molecular complexity index is 531. The summed E-state index contributed by atoms with van der Waals surface area (Å²) < 4.78 is 0. The zero-order valence-electron chi connectivity index (χ0n) is 9.31. The van der Waals surface area contributed by atoms with Gasteiger partial charge in [-0.25, -0.2) is 9.97 Å². The number of aliphatic hydroxyl groups is 1. The van der Waals surface area contributed by atoms with Gasteiger partial charge in [-0.05, 0) is 24.6 Å². The van der Waals surface area contributed by atoms with Crippen molar-refractivity contribution in [1.82, 2.24) is 9.97 Å². The third-order valence-electron chi connectivity index (χ3n) is 2.39. The fraction of sp³-hybridized carbons (Fsp3) is 0.167. The number of nitrogens with zero attached hydrogens (tertiary/aromatic N) is 2. The number of hydrogen-bond acceptors (Lipinski definition) is 4. The molecule has 0 amide bonds. The van der Waals surface area contributed by atoms with E-state index in [4.69, 9.17) is 16.7 Å². The predicted octanol–water partition coefficient (Wildman–Crippen LogP) is 2.67. The Hall–Kier alpha value is -1.65. The van der Waals surface area contributed by atoms with E-state index in [1.54, 1.807) is 6.20 Å². The Morgan fingerprint density at radius 2 is 2.24 bits per heavy atom. The highest BCUT2D eigenvalue weighted by molar-refractivity contribution is 6.31. The number of aryl methyl sites for hydroxylation is 1. The number of rotatable bonds is 3. The molecule has 1 aromatic heterocycles. The zero-order chi connectivity index (χ0) is 12.3. The first-order chi connectivity index (χ1) is 8.20. The summed E-state index contributed by atoms with van der Waals surface area (Å²) in [4.78, 5) is 7.92. The molecule has 0 atom stereocenters. The van der Waals surface area contributed by atoms with Crippen molar-refractivity contribution in [3.63, 3.8) is 0 Å². The summed E-state index contributed by atoms with van der Waals surface area (Å²) in [5.74, 6) is 0.586. The Morgan fingerprint density at radius 3 is 2.94 bits per heavy atom. The molecule has 4 nitrogen and oxygen atoms in total. The molecule has 0 aliphatic heterocycles. The minimum atomic E-state index is -0.108. The SMILES string of the molecule is Cc1ccc(Nc2ncncc2CO)cc1Cl. The van der Waals surface area contributed by atoms with Gasteiger partial charge in [-0.2, -0.15) is 0 Å². The molecular weight excluding hydrogens is 238 g/mol. The largest absolute Gasteiger partial charge is 0.391 e. The van der Waals surface area contributed by atoms with Crippen molar-refractivity contribution in [3.8, 4) is 0 Å². The second-order valence-corrected chi connectivity index (χ2v) is 4.05. The molecule has 0 radical (unpaired) electrons. The van der Waals surface area contributed by atoms with E-state index in [-0.39, 0.29) is 6.61 Å². The summed E-state index contributed by atoms with van der Waals surface area (Å²) in [7, 11) is 0. The number of aromatic nitrogens is 2. The van der Waals surface area contributed by atoms with E-state index in [9.17, 15) is 0 Å². The van der Waals surface area contributed by atoms with Crippen LogP contribution < -0.4 is 5.32 Å². The fourth-order valence-corrected chi connectivity index (χ4v) is 1.57. The third-order valence-corrected chi connectivity index (χ3v) is 2.80. The molecule has 0 bridgehead atoms. The maximum atomic E-state index is 9.15. The summed E-state index contributed by atoms with van der Waals surface area (Å²) in [6.07, 6.45) is 3.00. The Balaban J connectivity index is 2.28. The van der Waals surface area contributed by atoms with Crippen molar-refractivity contribution in [2.45, 2.75) is 13.5 Å². The fourth-order valence-electron chi connectivity index (χ4n) is 1.39. The van der Waals surface area contributed by atoms with Crippen LogP contribution in [0.1, 0.15) is 11.1 Å². The van der Waals surface area contributed by atoms with E-state index in [1.165, 1.54) is 6.33 Å². The molecule has 0 spiro atoms. The van der Waals surface area contributed by atoms with Crippen molar-refractivity contribution in [3.05, 3.63) is 46.9 Å². The average molecular weight is 250 g/mol. The van der Waals surface area contributed by atoms with Crippen LogP contribution in [0.3, 0.4) is 0 Å². The van der Waals surface area contributed by atoms with Crippen LogP contribution in [0.25, 0.3) is 0 Å². The Morgan fingerprint density at radius 1 is 1.41 bits per heavy atom. The van der Waals surface area contributed by atoms with Crippen molar-refractivity contribution < 1.29 is 5.11 Å². The molecule has 2 aromatic rings. The number of anilines is 2. The molecule has 0 aliphatic rings. The summed E-state index contributed by atoms with van der Waals surface area (Å²) in [6, 6.07) is 5.65. The van der Waals surface area contributed by atoms with Gasteiger partial charge in [0.1, 0.15) is 12.1 Å². The zero-order valence-corrected chi connectivity index (χ0v) is 10.1. The van der Waals surface area contributed by atoms with Gasteiger partial charge < -0.3 is 10.4 Å². The van der Waals surface area contributed by atoms with Gasteiger partial charge in [0.15, 0.2) is 0 Å². The third kappa shape index (κ3) is 2.72. The smallest absolute Gasteiger partial charge is 0.139 e. The summed E-state index contributed by atoms with van der Waals surface area (Å²) in [6.45, 7) is 1.83. The predicted molar refractivity (Wildman–Crippen MR) is 67.4 cm³/mol. The lowest BCUT2D eigenvalue weighted by atomic mass is 10.2. The first kappa shape index (κ1) is 11.8. The van der Waals surface area contributed by atoms with Crippen LogP contribution in [0.4, 0.5) is 11.5 Å². The van der Waals surface area contributed by atoms with Crippen molar-refractivity contribution in [1.29, 1.82) is 0 Å². The number of benzene rings is 1. The summed E-state index contributed by atoms with van der Waals surface area (Å²) in [5, 5.41) is 12.9. The first-order valence-corrected chi connectivity index (χ1v) is 5.51. The molecule has 0 saturated carbocycles. The van der Waals surface area contributed by atoms with E-state index >= 15 is 0 Å². The lowest BCUT2D eigenvalue weighted by Gasteiger charge is -2.09. The van der Waals surface area contributed by atoms with Crippen molar-refractivity contribution >= 4 is 23.1 Å². The molecule has 0 saturated heterocycles. The van der Waals surface area contributed by atoms with Gasteiger partial charge in [0.25, 0.3) is 0 Å². The van der Waals surface area contributed by atoms with Gasteiger partial charge in [0.05, 0.1) is 6.61 Å². The molecule has 88 valence electrons. The number of halogens is 1. The summed E-state index contributed by atoms with van der Waals surface area (Å²) in [5.41, 5.74) is 2.49. The maximum absolute atomic E-state index is 9.15. The molecule has 2 N–H and O–H groups in total.